The Kier molecular flexibility index (Phi) is 7.52. The van der Waals surface area contributed by atoms with E-state index in [1.54, 1.807) is 14.0 Å². The van der Waals surface area contributed by atoms with Gasteiger partial charge in [0.2, 0.25) is 5.91 Å². The third-order valence-electron chi connectivity index (χ3n) is 3.64. The lowest BCUT2D eigenvalue weighted by molar-refractivity contribution is -0.116. The molecule has 3 N–H and O–H groups in total. The van der Waals surface area contributed by atoms with E-state index in [4.69, 9.17) is 4.74 Å². The van der Waals surface area contributed by atoms with Gasteiger partial charge in [0.05, 0.1) is 13.2 Å². The van der Waals surface area contributed by atoms with Gasteiger partial charge in [0.25, 0.3) is 0 Å². The Morgan fingerprint density at radius 1 is 1.26 bits per heavy atom. The molecule has 2 unspecified atom stereocenters. The Hall–Kier alpha value is -1.59. The third-order valence-corrected chi connectivity index (χ3v) is 3.64. The fourth-order valence-corrected chi connectivity index (χ4v) is 2.56. The van der Waals surface area contributed by atoms with Crippen molar-refractivity contribution in [3.8, 4) is 5.75 Å². The number of hydrogen-bond donors (Lipinski definition) is 3. The SMILES string of the molecule is COc1ccc(NC(=O)CC(C)NCC(C)(C)CC(C)O)cc1. The third kappa shape index (κ3) is 8.00. The van der Waals surface area contributed by atoms with Crippen LogP contribution in [0.5, 0.6) is 5.75 Å². The molecule has 2 atom stereocenters. The minimum Gasteiger partial charge on any atom is -0.497 e. The van der Waals surface area contributed by atoms with Gasteiger partial charge < -0.3 is 20.5 Å². The van der Waals surface area contributed by atoms with Crippen molar-refractivity contribution >= 4 is 11.6 Å². The van der Waals surface area contributed by atoms with Gasteiger partial charge in [0.1, 0.15) is 5.75 Å². The lowest BCUT2D eigenvalue weighted by Crippen LogP contribution is -2.38. The van der Waals surface area contributed by atoms with Crippen molar-refractivity contribution in [2.75, 3.05) is 19.0 Å². The molecule has 0 heterocycles. The predicted molar refractivity (Wildman–Crippen MR) is 93.8 cm³/mol. The molecule has 0 aliphatic rings. The number of anilines is 1. The fraction of sp³-hybridized carbons (Fsp3) is 0.611. The molecule has 1 amide bonds. The molecule has 1 rings (SSSR count). The van der Waals surface area contributed by atoms with Crippen molar-refractivity contribution in [1.82, 2.24) is 5.32 Å². The van der Waals surface area contributed by atoms with E-state index in [1.807, 2.05) is 31.2 Å². The van der Waals surface area contributed by atoms with Gasteiger partial charge in [-0.05, 0) is 49.9 Å². The number of nitrogens with one attached hydrogen (secondary N) is 2. The Morgan fingerprint density at radius 2 is 1.87 bits per heavy atom. The summed E-state index contributed by atoms with van der Waals surface area (Å²) in [5.74, 6) is 0.738. The summed E-state index contributed by atoms with van der Waals surface area (Å²) >= 11 is 0. The summed E-state index contributed by atoms with van der Waals surface area (Å²) in [6.07, 6.45) is 0.808. The Balaban J connectivity index is 2.38. The molecule has 0 spiro atoms. The van der Waals surface area contributed by atoms with Crippen LogP contribution in [0.15, 0.2) is 24.3 Å². The molecule has 0 aliphatic carbocycles. The molecule has 0 saturated carbocycles. The Bertz CT molecular complexity index is 484. The summed E-state index contributed by atoms with van der Waals surface area (Å²) in [5.41, 5.74) is 0.756. The van der Waals surface area contributed by atoms with Crippen LogP contribution in [-0.4, -0.2) is 36.8 Å². The molecule has 0 bridgehead atoms. The second kappa shape index (κ2) is 8.89. The van der Waals surface area contributed by atoms with Gasteiger partial charge in [-0.3, -0.25) is 4.79 Å². The molecule has 5 heteroatoms. The van der Waals surface area contributed by atoms with Crippen molar-refractivity contribution < 1.29 is 14.6 Å². The number of carbonyl (C=O) groups is 1. The molecule has 130 valence electrons. The molecular formula is C18H30N2O3. The molecule has 0 aliphatic heterocycles. The number of rotatable bonds is 9. The zero-order chi connectivity index (χ0) is 17.5. The normalized spacial score (nSPS) is 14.2. The number of carbonyl (C=O) groups excluding carboxylic acids is 1. The molecule has 5 nitrogen and oxygen atoms in total. The number of aliphatic hydroxyl groups is 1. The minimum atomic E-state index is -0.319. The highest BCUT2D eigenvalue weighted by molar-refractivity contribution is 5.91. The summed E-state index contributed by atoms with van der Waals surface area (Å²) in [4.78, 5) is 12.1. The number of amides is 1. The van der Waals surface area contributed by atoms with E-state index in [0.29, 0.717) is 6.42 Å². The largest absolute Gasteiger partial charge is 0.497 e. The summed E-state index contributed by atoms with van der Waals surface area (Å²) in [7, 11) is 1.61. The maximum absolute atomic E-state index is 12.1. The van der Waals surface area contributed by atoms with E-state index in [0.717, 1.165) is 24.4 Å². The second-order valence-electron chi connectivity index (χ2n) is 6.98. The topological polar surface area (TPSA) is 70.6 Å². The van der Waals surface area contributed by atoms with E-state index in [-0.39, 0.29) is 23.5 Å². The molecule has 23 heavy (non-hydrogen) atoms. The zero-order valence-electron chi connectivity index (χ0n) is 14.8. The maximum atomic E-state index is 12.1. The van der Waals surface area contributed by atoms with Crippen LogP contribution < -0.4 is 15.4 Å². The molecule has 0 radical (unpaired) electrons. The average Bonchev–Trinajstić information content (AvgIpc) is 2.44. The van der Waals surface area contributed by atoms with Crippen LogP contribution in [0.1, 0.15) is 40.5 Å². The average molecular weight is 322 g/mol. The molecule has 0 aromatic heterocycles. The number of ether oxygens (including phenoxy) is 1. The smallest absolute Gasteiger partial charge is 0.225 e. The van der Waals surface area contributed by atoms with Crippen LogP contribution in [-0.2, 0) is 4.79 Å². The van der Waals surface area contributed by atoms with Crippen molar-refractivity contribution in [3.05, 3.63) is 24.3 Å². The van der Waals surface area contributed by atoms with E-state index in [2.05, 4.69) is 24.5 Å². The molecule has 0 saturated heterocycles. The lowest BCUT2D eigenvalue weighted by atomic mass is 9.86. The van der Waals surface area contributed by atoms with Crippen LogP contribution in [0, 0.1) is 5.41 Å². The van der Waals surface area contributed by atoms with Crippen molar-refractivity contribution in [2.45, 2.75) is 52.7 Å². The van der Waals surface area contributed by atoms with Crippen LogP contribution in [0.3, 0.4) is 0 Å². The molecular weight excluding hydrogens is 292 g/mol. The van der Waals surface area contributed by atoms with E-state index >= 15 is 0 Å². The van der Waals surface area contributed by atoms with Crippen molar-refractivity contribution in [2.24, 2.45) is 5.41 Å². The van der Waals surface area contributed by atoms with Crippen LogP contribution in [0.2, 0.25) is 0 Å². The van der Waals surface area contributed by atoms with Gasteiger partial charge in [-0.25, -0.2) is 0 Å². The van der Waals surface area contributed by atoms with Crippen LogP contribution in [0.25, 0.3) is 0 Å². The Labute approximate surface area is 139 Å². The first-order chi connectivity index (χ1) is 10.7. The highest BCUT2D eigenvalue weighted by Crippen LogP contribution is 2.21. The first kappa shape index (κ1) is 19.5. The summed E-state index contributed by atoms with van der Waals surface area (Å²) in [6.45, 7) is 8.77. The standard InChI is InChI=1S/C18H30N2O3/c1-13(19-12-18(3,4)11-14(2)21)10-17(22)20-15-6-8-16(23-5)9-7-15/h6-9,13-14,19,21H,10-12H2,1-5H3,(H,20,22). The van der Waals surface area contributed by atoms with E-state index < -0.39 is 0 Å². The minimum absolute atomic E-state index is 0.00507. The summed E-state index contributed by atoms with van der Waals surface area (Å²) in [6, 6.07) is 7.34. The Morgan fingerprint density at radius 3 is 2.39 bits per heavy atom. The van der Waals surface area contributed by atoms with E-state index in [1.165, 1.54) is 0 Å². The highest BCUT2D eigenvalue weighted by Gasteiger charge is 2.21. The van der Waals surface area contributed by atoms with Crippen LogP contribution >= 0.6 is 0 Å². The molecule has 1 aromatic carbocycles. The second-order valence-corrected chi connectivity index (χ2v) is 6.98. The van der Waals surface area contributed by atoms with Gasteiger partial charge in [-0.1, -0.05) is 13.8 Å². The van der Waals surface area contributed by atoms with Gasteiger partial charge in [0, 0.05) is 24.7 Å². The predicted octanol–water partition coefficient (Wildman–Crippen LogP) is 2.80. The number of hydrogen-bond acceptors (Lipinski definition) is 4. The zero-order valence-corrected chi connectivity index (χ0v) is 14.8. The van der Waals surface area contributed by atoms with Gasteiger partial charge >= 0.3 is 0 Å². The lowest BCUT2D eigenvalue weighted by Gasteiger charge is -2.28. The van der Waals surface area contributed by atoms with Crippen molar-refractivity contribution in [3.63, 3.8) is 0 Å². The first-order valence-electron chi connectivity index (χ1n) is 8.07. The number of aliphatic hydroxyl groups excluding tert-OH is 1. The fourth-order valence-electron chi connectivity index (χ4n) is 2.56. The van der Waals surface area contributed by atoms with Gasteiger partial charge in [0.15, 0.2) is 0 Å². The maximum Gasteiger partial charge on any atom is 0.225 e. The molecule has 0 fully saturated rings. The quantitative estimate of drug-likeness (QED) is 0.654. The van der Waals surface area contributed by atoms with Crippen molar-refractivity contribution in [1.29, 1.82) is 0 Å². The summed E-state index contributed by atoms with van der Waals surface area (Å²) in [5, 5.41) is 15.7. The summed E-state index contributed by atoms with van der Waals surface area (Å²) < 4.78 is 5.09. The number of benzene rings is 1. The van der Waals surface area contributed by atoms with Gasteiger partial charge in [-0.2, -0.15) is 0 Å². The highest BCUT2D eigenvalue weighted by atomic mass is 16.5. The van der Waals surface area contributed by atoms with Gasteiger partial charge in [-0.15, -0.1) is 0 Å². The first-order valence-corrected chi connectivity index (χ1v) is 8.07. The number of methoxy groups -OCH3 is 1. The molecule has 1 aromatic rings. The monoisotopic (exact) mass is 322 g/mol. The van der Waals surface area contributed by atoms with Crippen LogP contribution in [0.4, 0.5) is 5.69 Å². The van der Waals surface area contributed by atoms with E-state index in [9.17, 15) is 9.90 Å².